The lowest BCUT2D eigenvalue weighted by molar-refractivity contribution is -0.122. The maximum Gasteiger partial charge on any atom is 0.182 e. The number of fused-ring (bicyclic) bond motifs is 1. The highest BCUT2D eigenvalue weighted by Gasteiger charge is 2.41. The quantitative estimate of drug-likeness (QED) is 0.552. The van der Waals surface area contributed by atoms with Gasteiger partial charge in [-0.25, -0.2) is 4.98 Å². The number of aldehydes is 1. The molecule has 1 N–H and O–H groups in total. The summed E-state index contributed by atoms with van der Waals surface area (Å²) in [5.41, 5.74) is 0.534. The Balaban J connectivity index is 1.95. The van der Waals surface area contributed by atoms with Crippen LogP contribution < -0.4 is 0 Å². The second kappa shape index (κ2) is 7.70. The van der Waals surface area contributed by atoms with Crippen LogP contribution in [0.4, 0.5) is 0 Å². The minimum absolute atomic E-state index is 0.562. The third-order valence-electron chi connectivity index (χ3n) is 5.44. The molecular weight excluding hydrogens is 358 g/mol. The van der Waals surface area contributed by atoms with Crippen LogP contribution in [0.15, 0.2) is 42.9 Å². The topological polar surface area (TPSA) is 66.8 Å². The summed E-state index contributed by atoms with van der Waals surface area (Å²) in [5.74, 6) is 0. The van der Waals surface area contributed by atoms with Crippen LogP contribution in [-0.2, 0) is 10.5 Å². The zero-order valence-corrected chi connectivity index (χ0v) is 16.0. The monoisotopic (exact) mass is 381 g/mol. The molecule has 1 atom stereocenters. The number of carbonyl (C=O) groups excluding carboxylic acids is 1. The van der Waals surface area contributed by atoms with E-state index in [1.165, 1.54) is 19.3 Å². The van der Waals surface area contributed by atoms with Crippen LogP contribution in [-0.4, -0.2) is 44.0 Å². The summed E-state index contributed by atoms with van der Waals surface area (Å²) < 4.78 is 2.40. The zero-order chi connectivity index (χ0) is 18.7. The highest BCUT2D eigenvalue weighted by molar-refractivity contribution is 7.71. The average Bonchev–Trinajstić information content (AvgIpc) is 3.16. The highest BCUT2D eigenvalue weighted by atomic mass is 32.1. The molecule has 0 amide bonds. The van der Waals surface area contributed by atoms with Crippen molar-refractivity contribution in [2.45, 2.75) is 37.8 Å². The van der Waals surface area contributed by atoms with Gasteiger partial charge in [-0.1, -0.05) is 61.8 Å². The summed E-state index contributed by atoms with van der Waals surface area (Å²) in [4.78, 5) is 19.5. The summed E-state index contributed by atoms with van der Waals surface area (Å²) in [6.45, 7) is 1.69. The van der Waals surface area contributed by atoms with Crippen molar-refractivity contribution in [2.75, 3.05) is 13.1 Å². The summed E-state index contributed by atoms with van der Waals surface area (Å²) in [6, 6.07) is 9.88. The number of aromatic nitrogens is 4. The molecule has 1 fully saturated rings. The van der Waals surface area contributed by atoms with Crippen molar-refractivity contribution in [3.8, 4) is 0 Å². The van der Waals surface area contributed by atoms with Crippen LogP contribution in [0.5, 0.6) is 0 Å². The van der Waals surface area contributed by atoms with Crippen LogP contribution in [0.2, 0.25) is 0 Å². The molecule has 6 nitrogen and oxygen atoms in total. The minimum Gasteiger partial charge on any atom is -0.299 e. The molecule has 2 aromatic heterocycles. The second-order valence-electron chi connectivity index (χ2n) is 7.02. The van der Waals surface area contributed by atoms with Crippen molar-refractivity contribution in [1.29, 1.82) is 0 Å². The van der Waals surface area contributed by atoms with Gasteiger partial charge in [-0.3, -0.25) is 19.4 Å². The van der Waals surface area contributed by atoms with Gasteiger partial charge >= 0.3 is 0 Å². The van der Waals surface area contributed by atoms with Gasteiger partial charge in [0.15, 0.2) is 17.6 Å². The lowest BCUT2D eigenvalue weighted by Crippen LogP contribution is -2.54. The number of hydrogen-bond donors (Lipinski definition) is 1. The average molecular weight is 382 g/mol. The van der Waals surface area contributed by atoms with E-state index in [4.69, 9.17) is 12.2 Å². The number of benzene rings is 1. The van der Waals surface area contributed by atoms with E-state index in [-0.39, 0.29) is 0 Å². The van der Waals surface area contributed by atoms with E-state index in [1.54, 1.807) is 12.5 Å². The number of hydrogen-bond acceptors (Lipinski definition) is 5. The summed E-state index contributed by atoms with van der Waals surface area (Å²) in [5, 5.41) is 7.66. The van der Waals surface area contributed by atoms with Crippen LogP contribution >= 0.6 is 12.2 Å². The van der Waals surface area contributed by atoms with E-state index in [0.29, 0.717) is 10.3 Å². The molecule has 3 heterocycles. The van der Waals surface area contributed by atoms with Gasteiger partial charge in [0.05, 0.1) is 11.6 Å². The van der Waals surface area contributed by atoms with E-state index in [0.717, 1.165) is 43.2 Å². The summed E-state index contributed by atoms with van der Waals surface area (Å²) in [7, 11) is 0. The van der Waals surface area contributed by atoms with Gasteiger partial charge in [-0.05, 0) is 12.8 Å². The Morgan fingerprint density at radius 1 is 1.07 bits per heavy atom. The standard InChI is InChI=1S/C20H23N5OS/c26-14-20(16-9-5-4-6-10-16,24-11-7-2-1-3-8-12-24)25-15-21-18-17(19(25)27)13-22-23-18/h4-6,9-10,13-15H,1-3,7-8,11-12H2,(H,22,23). The van der Waals surface area contributed by atoms with Crippen molar-refractivity contribution in [2.24, 2.45) is 0 Å². The van der Waals surface area contributed by atoms with Crippen molar-refractivity contribution >= 4 is 29.5 Å². The molecule has 0 spiro atoms. The van der Waals surface area contributed by atoms with Gasteiger partial charge in [0.2, 0.25) is 0 Å². The molecule has 140 valence electrons. The molecule has 4 rings (SSSR count). The van der Waals surface area contributed by atoms with E-state index >= 15 is 0 Å². The predicted octanol–water partition coefficient (Wildman–Crippen LogP) is 3.65. The van der Waals surface area contributed by atoms with Crippen LogP contribution in [0.3, 0.4) is 0 Å². The van der Waals surface area contributed by atoms with Gasteiger partial charge < -0.3 is 0 Å². The molecule has 1 aliphatic rings. The smallest absolute Gasteiger partial charge is 0.182 e. The fraction of sp³-hybridized carbons (Fsp3) is 0.400. The molecule has 1 unspecified atom stereocenters. The molecule has 0 bridgehead atoms. The van der Waals surface area contributed by atoms with Gasteiger partial charge in [-0.2, -0.15) is 5.10 Å². The Hall–Kier alpha value is -2.38. The lowest BCUT2D eigenvalue weighted by atomic mass is 9.95. The van der Waals surface area contributed by atoms with Gasteiger partial charge in [-0.15, -0.1) is 0 Å². The maximum absolute atomic E-state index is 12.8. The van der Waals surface area contributed by atoms with E-state index in [2.05, 4.69) is 20.1 Å². The first-order valence-corrected chi connectivity index (χ1v) is 9.86. The Labute approximate surface area is 163 Å². The number of H-pyrrole nitrogens is 1. The molecule has 1 saturated heterocycles. The number of nitrogens with one attached hydrogen (secondary N) is 1. The number of nitrogens with zero attached hydrogens (tertiary/aromatic N) is 4. The van der Waals surface area contributed by atoms with Crippen molar-refractivity contribution in [1.82, 2.24) is 24.6 Å². The van der Waals surface area contributed by atoms with Crippen LogP contribution in [0, 0.1) is 4.64 Å². The first-order valence-electron chi connectivity index (χ1n) is 9.45. The number of carbonyl (C=O) groups is 1. The predicted molar refractivity (Wildman–Crippen MR) is 107 cm³/mol. The fourth-order valence-corrected chi connectivity index (χ4v) is 4.36. The molecule has 27 heavy (non-hydrogen) atoms. The molecular formula is C20H23N5OS. The number of aromatic amines is 1. The lowest BCUT2D eigenvalue weighted by Gasteiger charge is -2.42. The van der Waals surface area contributed by atoms with Crippen molar-refractivity contribution < 1.29 is 4.79 Å². The molecule has 1 aliphatic heterocycles. The van der Waals surface area contributed by atoms with E-state index in [1.807, 2.05) is 34.9 Å². The van der Waals surface area contributed by atoms with Crippen molar-refractivity contribution in [3.05, 3.63) is 53.1 Å². The minimum atomic E-state index is -1.01. The Morgan fingerprint density at radius 2 is 1.78 bits per heavy atom. The molecule has 7 heteroatoms. The third-order valence-corrected chi connectivity index (χ3v) is 5.86. The van der Waals surface area contributed by atoms with Crippen LogP contribution in [0.25, 0.3) is 11.0 Å². The van der Waals surface area contributed by atoms with Crippen LogP contribution in [0.1, 0.15) is 37.7 Å². The fourth-order valence-electron chi connectivity index (χ4n) is 4.02. The highest BCUT2D eigenvalue weighted by Crippen LogP contribution is 2.32. The van der Waals surface area contributed by atoms with Gasteiger partial charge in [0, 0.05) is 18.7 Å². The third kappa shape index (κ3) is 3.11. The largest absolute Gasteiger partial charge is 0.299 e. The SMILES string of the molecule is O=CC(c1ccccc1)(N1CCCCCCC1)n1cnc2[nH]ncc2c1=S. The molecule has 0 saturated carbocycles. The van der Waals surface area contributed by atoms with E-state index in [9.17, 15) is 4.79 Å². The summed E-state index contributed by atoms with van der Waals surface area (Å²) in [6.07, 6.45) is 10.1. The first-order chi connectivity index (χ1) is 13.3. The van der Waals surface area contributed by atoms with Gasteiger partial charge in [0.25, 0.3) is 0 Å². The molecule has 0 radical (unpaired) electrons. The van der Waals surface area contributed by atoms with Crippen molar-refractivity contribution in [3.63, 3.8) is 0 Å². The molecule has 3 aromatic rings. The first kappa shape index (κ1) is 18.0. The van der Waals surface area contributed by atoms with Gasteiger partial charge in [0.1, 0.15) is 11.0 Å². The molecule has 0 aliphatic carbocycles. The Bertz CT molecular complexity index is 975. The number of rotatable bonds is 4. The van der Waals surface area contributed by atoms with E-state index < -0.39 is 5.66 Å². The maximum atomic E-state index is 12.8. The molecule has 1 aromatic carbocycles. The summed E-state index contributed by atoms with van der Waals surface area (Å²) >= 11 is 5.77. The Morgan fingerprint density at radius 3 is 2.48 bits per heavy atom. The second-order valence-corrected chi connectivity index (χ2v) is 7.40. The number of likely N-dealkylation sites (tertiary alicyclic amines) is 1. The Kier molecular flexibility index (Phi) is 5.13. The zero-order valence-electron chi connectivity index (χ0n) is 15.2. The normalized spacial score (nSPS) is 18.5.